The molecule has 1 aliphatic rings. The molecule has 1 aliphatic heterocycles. The van der Waals surface area contributed by atoms with Crippen molar-refractivity contribution in [2.24, 2.45) is 0 Å². The molecule has 7 heteroatoms. The smallest absolute Gasteiger partial charge is 0.255 e. The molecule has 3 aromatic rings. The van der Waals surface area contributed by atoms with Crippen molar-refractivity contribution in [3.8, 4) is 0 Å². The zero-order valence-electron chi connectivity index (χ0n) is 19.2. The Morgan fingerprint density at radius 2 is 1.53 bits per heavy atom. The predicted molar refractivity (Wildman–Crippen MR) is 132 cm³/mol. The zero-order valence-corrected chi connectivity index (χ0v) is 19.2. The summed E-state index contributed by atoms with van der Waals surface area (Å²) in [4.78, 5) is 31.5. The SMILES string of the molecule is O=C(NCCCN1CCOCC1)c1cccc(Cc2cccc(C(=O)Nc3ccncc3)c2)c1. The molecule has 2 N–H and O–H groups in total. The number of ether oxygens (including phenoxy) is 1. The molecule has 0 spiro atoms. The number of carbonyl (C=O) groups excluding carboxylic acids is 2. The quantitative estimate of drug-likeness (QED) is 0.481. The van der Waals surface area contributed by atoms with Crippen LogP contribution in [0.1, 0.15) is 38.3 Å². The first-order chi connectivity index (χ1) is 16.7. The molecule has 2 aromatic carbocycles. The molecular formula is C27H30N4O3. The van der Waals surface area contributed by atoms with Crippen molar-refractivity contribution in [2.75, 3.05) is 44.7 Å². The summed E-state index contributed by atoms with van der Waals surface area (Å²) in [6.07, 6.45) is 4.83. The Balaban J connectivity index is 1.30. The standard InChI is InChI=1S/C27H30N4O3/c32-26(29-10-3-13-31-14-16-34-17-15-31)23-6-1-4-21(19-23)18-22-5-2-7-24(20-22)27(33)30-25-8-11-28-12-9-25/h1-2,4-9,11-12,19-20H,3,10,13-18H2,(H,29,32)(H,28,30,33). The highest BCUT2D eigenvalue weighted by Gasteiger charge is 2.11. The van der Waals surface area contributed by atoms with Crippen LogP contribution >= 0.6 is 0 Å². The molecule has 1 aromatic heterocycles. The minimum Gasteiger partial charge on any atom is -0.379 e. The number of carbonyl (C=O) groups is 2. The summed E-state index contributed by atoms with van der Waals surface area (Å²) in [6.45, 7) is 5.12. The van der Waals surface area contributed by atoms with Gasteiger partial charge in [-0.1, -0.05) is 24.3 Å². The molecule has 0 bridgehead atoms. The second kappa shape index (κ2) is 12.1. The largest absolute Gasteiger partial charge is 0.379 e. The monoisotopic (exact) mass is 458 g/mol. The van der Waals surface area contributed by atoms with Crippen LogP contribution in [-0.2, 0) is 11.2 Å². The maximum atomic E-state index is 12.6. The van der Waals surface area contributed by atoms with E-state index < -0.39 is 0 Å². The van der Waals surface area contributed by atoms with Crippen molar-refractivity contribution in [3.63, 3.8) is 0 Å². The van der Waals surface area contributed by atoms with Gasteiger partial charge >= 0.3 is 0 Å². The van der Waals surface area contributed by atoms with E-state index in [1.165, 1.54) is 0 Å². The van der Waals surface area contributed by atoms with Crippen molar-refractivity contribution < 1.29 is 14.3 Å². The molecule has 0 radical (unpaired) electrons. The topological polar surface area (TPSA) is 83.6 Å². The normalized spacial score (nSPS) is 13.9. The molecule has 0 unspecified atom stereocenters. The number of aromatic nitrogens is 1. The molecule has 176 valence electrons. The Morgan fingerprint density at radius 3 is 2.21 bits per heavy atom. The first kappa shape index (κ1) is 23.6. The molecule has 0 aliphatic carbocycles. The molecule has 34 heavy (non-hydrogen) atoms. The number of nitrogens with one attached hydrogen (secondary N) is 2. The van der Waals surface area contributed by atoms with E-state index in [9.17, 15) is 9.59 Å². The number of rotatable bonds is 9. The van der Waals surface area contributed by atoms with Crippen molar-refractivity contribution in [1.82, 2.24) is 15.2 Å². The highest BCUT2D eigenvalue weighted by atomic mass is 16.5. The van der Waals surface area contributed by atoms with Gasteiger partial charge < -0.3 is 15.4 Å². The van der Waals surface area contributed by atoms with E-state index in [1.807, 2.05) is 42.5 Å². The van der Waals surface area contributed by atoms with E-state index in [-0.39, 0.29) is 11.8 Å². The summed E-state index contributed by atoms with van der Waals surface area (Å²) >= 11 is 0. The number of nitrogens with zero attached hydrogens (tertiary/aromatic N) is 2. The van der Waals surface area contributed by atoms with Gasteiger partial charge in [0.05, 0.1) is 13.2 Å². The maximum Gasteiger partial charge on any atom is 0.255 e. The van der Waals surface area contributed by atoms with E-state index in [0.29, 0.717) is 29.8 Å². The van der Waals surface area contributed by atoms with Crippen LogP contribution in [0.4, 0.5) is 5.69 Å². The summed E-state index contributed by atoms with van der Waals surface area (Å²) < 4.78 is 5.36. The molecule has 4 rings (SSSR count). The van der Waals surface area contributed by atoms with E-state index in [0.717, 1.165) is 50.4 Å². The summed E-state index contributed by atoms with van der Waals surface area (Å²) in [5.74, 6) is -0.229. The van der Waals surface area contributed by atoms with Crippen LogP contribution in [0.15, 0.2) is 73.1 Å². The van der Waals surface area contributed by atoms with Gasteiger partial charge in [-0.3, -0.25) is 19.5 Å². The van der Waals surface area contributed by atoms with Crippen molar-refractivity contribution in [3.05, 3.63) is 95.3 Å². The van der Waals surface area contributed by atoms with Gasteiger partial charge in [0.25, 0.3) is 11.8 Å². The van der Waals surface area contributed by atoms with Gasteiger partial charge in [0.15, 0.2) is 0 Å². The Bertz CT molecular complexity index is 1100. The fraction of sp³-hybridized carbons (Fsp3) is 0.296. The summed E-state index contributed by atoms with van der Waals surface area (Å²) in [5.41, 5.74) is 3.96. The van der Waals surface area contributed by atoms with E-state index in [2.05, 4.69) is 20.5 Å². The molecule has 0 atom stereocenters. The van der Waals surface area contributed by atoms with Gasteiger partial charge in [-0.05, 0) is 66.9 Å². The predicted octanol–water partition coefficient (Wildman–Crippen LogP) is 3.38. The lowest BCUT2D eigenvalue weighted by molar-refractivity contribution is 0.0374. The lowest BCUT2D eigenvalue weighted by Crippen LogP contribution is -2.38. The van der Waals surface area contributed by atoms with Gasteiger partial charge in [0.2, 0.25) is 0 Å². The van der Waals surface area contributed by atoms with Crippen molar-refractivity contribution >= 4 is 17.5 Å². The van der Waals surface area contributed by atoms with E-state index in [4.69, 9.17) is 4.74 Å². The molecule has 2 amide bonds. The van der Waals surface area contributed by atoms with E-state index >= 15 is 0 Å². The van der Waals surface area contributed by atoms with Crippen LogP contribution in [0.3, 0.4) is 0 Å². The maximum absolute atomic E-state index is 12.6. The zero-order chi connectivity index (χ0) is 23.6. The molecule has 7 nitrogen and oxygen atoms in total. The van der Waals surface area contributed by atoms with Crippen molar-refractivity contribution in [1.29, 1.82) is 0 Å². The summed E-state index contributed by atoms with van der Waals surface area (Å²) in [6, 6.07) is 18.7. The van der Waals surface area contributed by atoms with Gasteiger partial charge in [0.1, 0.15) is 0 Å². The molecule has 1 saturated heterocycles. The Hall–Kier alpha value is -3.55. The number of pyridine rings is 1. The van der Waals surface area contributed by atoms with E-state index in [1.54, 1.807) is 30.6 Å². The van der Waals surface area contributed by atoms with Gasteiger partial charge in [-0.25, -0.2) is 0 Å². The molecule has 1 fully saturated rings. The van der Waals surface area contributed by atoms with Crippen LogP contribution in [0.2, 0.25) is 0 Å². The molecular weight excluding hydrogens is 428 g/mol. The Kier molecular flexibility index (Phi) is 8.38. The van der Waals surface area contributed by atoms with Gasteiger partial charge in [-0.2, -0.15) is 0 Å². The van der Waals surface area contributed by atoms with Crippen LogP contribution in [0.5, 0.6) is 0 Å². The number of benzene rings is 2. The minimum atomic E-state index is -0.168. The van der Waals surface area contributed by atoms with Gasteiger partial charge in [0, 0.05) is 48.8 Å². The van der Waals surface area contributed by atoms with Crippen LogP contribution in [-0.4, -0.2) is 61.1 Å². The number of amides is 2. The first-order valence-corrected chi connectivity index (χ1v) is 11.6. The number of anilines is 1. The molecule has 2 heterocycles. The minimum absolute atomic E-state index is 0.0608. The van der Waals surface area contributed by atoms with Crippen molar-refractivity contribution in [2.45, 2.75) is 12.8 Å². The third-order valence-electron chi connectivity index (χ3n) is 5.77. The van der Waals surface area contributed by atoms with Gasteiger partial charge in [-0.15, -0.1) is 0 Å². The first-order valence-electron chi connectivity index (χ1n) is 11.6. The fourth-order valence-electron chi connectivity index (χ4n) is 3.95. The fourth-order valence-corrected chi connectivity index (χ4v) is 3.95. The second-order valence-corrected chi connectivity index (χ2v) is 8.33. The highest BCUT2D eigenvalue weighted by Crippen LogP contribution is 2.15. The third-order valence-corrected chi connectivity index (χ3v) is 5.77. The third kappa shape index (κ3) is 6.97. The second-order valence-electron chi connectivity index (χ2n) is 8.33. The number of hydrogen-bond donors (Lipinski definition) is 2. The number of hydrogen-bond acceptors (Lipinski definition) is 5. The number of morpholine rings is 1. The van der Waals surface area contributed by atoms with Crippen LogP contribution < -0.4 is 10.6 Å². The lowest BCUT2D eigenvalue weighted by Gasteiger charge is -2.26. The molecule has 0 saturated carbocycles. The summed E-state index contributed by atoms with van der Waals surface area (Å²) in [7, 11) is 0. The Labute approximate surface area is 200 Å². The average Bonchev–Trinajstić information content (AvgIpc) is 2.88. The average molecular weight is 459 g/mol. The Morgan fingerprint density at radius 1 is 0.882 bits per heavy atom. The van der Waals surface area contributed by atoms with Crippen LogP contribution in [0, 0.1) is 0 Å². The summed E-state index contributed by atoms with van der Waals surface area (Å²) in [5, 5.41) is 5.90. The van der Waals surface area contributed by atoms with Crippen LogP contribution in [0.25, 0.3) is 0 Å². The lowest BCUT2D eigenvalue weighted by atomic mass is 10.0. The highest BCUT2D eigenvalue weighted by molar-refractivity contribution is 6.04.